The van der Waals surface area contributed by atoms with E-state index in [4.69, 9.17) is 0 Å². The maximum absolute atomic E-state index is 10.9. The first kappa shape index (κ1) is 6.22. The third-order valence-electron chi connectivity index (χ3n) is 1.68. The summed E-state index contributed by atoms with van der Waals surface area (Å²) in [7, 11) is 0. The van der Waals surface area contributed by atoms with Gasteiger partial charge in [0.2, 0.25) is 0 Å². The van der Waals surface area contributed by atoms with Gasteiger partial charge < -0.3 is 0 Å². The van der Waals surface area contributed by atoms with Crippen molar-refractivity contribution >= 4 is 11.6 Å². The summed E-state index contributed by atoms with van der Waals surface area (Å²) in [6, 6.07) is 5.60. The number of nitrogens with one attached hydrogen (secondary N) is 1. The van der Waals surface area contributed by atoms with Crippen molar-refractivity contribution in [3.05, 3.63) is 29.3 Å². The number of nitrogens with zero attached hydrogens (tertiary/aromatic N) is 1. The zero-order chi connectivity index (χ0) is 7.84. The van der Waals surface area contributed by atoms with Crippen molar-refractivity contribution in [1.29, 1.82) is 0 Å². The first-order chi connectivity index (χ1) is 5.27. The standard InChI is InChI=1S/C8H7N2O/c1-5-2-3-6-7(4-5)9-10-8(6)11/h2-4,9H,1H3. The van der Waals surface area contributed by atoms with Gasteiger partial charge in [-0.25, -0.2) is 0 Å². The molecule has 1 N–H and O–H groups in total. The van der Waals surface area contributed by atoms with Gasteiger partial charge in [-0.2, -0.15) is 0 Å². The van der Waals surface area contributed by atoms with Gasteiger partial charge in [0.1, 0.15) is 0 Å². The molecule has 1 aromatic rings. The molecule has 3 heteroatoms. The average Bonchev–Trinajstić information content (AvgIpc) is 2.32. The molecule has 0 bridgehead atoms. The summed E-state index contributed by atoms with van der Waals surface area (Å²) >= 11 is 0. The van der Waals surface area contributed by atoms with Gasteiger partial charge in [-0.1, -0.05) is 6.07 Å². The number of anilines is 1. The monoisotopic (exact) mass is 147 g/mol. The van der Waals surface area contributed by atoms with Crippen LogP contribution in [0, 0.1) is 6.92 Å². The largest absolute Gasteiger partial charge is 0.295 e. The van der Waals surface area contributed by atoms with Crippen molar-refractivity contribution in [2.45, 2.75) is 6.92 Å². The lowest BCUT2D eigenvalue weighted by Gasteiger charge is -1.95. The van der Waals surface area contributed by atoms with Crippen LogP contribution in [0.25, 0.3) is 0 Å². The van der Waals surface area contributed by atoms with Crippen LogP contribution in [0.3, 0.4) is 0 Å². The Kier molecular flexibility index (Phi) is 1.12. The molecule has 55 valence electrons. The second-order valence-corrected chi connectivity index (χ2v) is 2.58. The summed E-state index contributed by atoms with van der Waals surface area (Å²) in [4.78, 5) is 10.9. The fourth-order valence-corrected chi connectivity index (χ4v) is 1.11. The Labute approximate surface area is 64.4 Å². The molecule has 0 atom stereocenters. The zero-order valence-electron chi connectivity index (χ0n) is 6.09. The molecule has 1 aliphatic rings. The van der Waals surface area contributed by atoms with E-state index in [9.17, 15) is 4.79 Å². The van der Waals surface area contributed by atoms with Gasteiger partial charge in [-0.05, 0) is 24.6 Å². The molecule has 0 unspecified atom stereocenters. The number of hydrogen-bond donors (Lipinski definition) is 1. The van der Waals surface area contributed by atoms with Gasteiger partial charge in [0.15, 0.2) is 0 Å². The summed E-state index contributed by atoms with van der Waals surface area (Å²) in [6.07, 6.45) is 0. The van der Waals surface area contributed by atoms with E-state index in [0.717, 1.165) is 11.3 Å². The Morgan fingerprint density at radius 2 is 2.27 bits per heavy atom. The molecule has 3 nitrogen and oxygen atoms in total. The van der Waals surface area contributed by atoms with Gasteiger partial charge in [0.25, 0.3) is 5.91 Å². The molecular formula is C8H7N2O. The zero-order valence-corrected chi connectivity index (χ0v) is 6.09. The van der Waals surface area contributed by atoms with Gasteiger partial charge in [0.05, 0.1) is 11.3 Å². The molecule has 0 fully saturated rings. The highest BCUT2D eigenvalue weighted by Gasteiger charge is 2.19. The maximum atomic E-state index is 10.9. The molecule has 1 aromatic carbocycles. The lowest BCUT2D eigenvalue weighted by Crippen LogP contribution is -2.10. The number of fused-ring (bicyclic) bond motifs is 1. The van der Waals surface area contributed by atoms with E-state index in [1.807, 2.05) is 19.1 Å². The lowest BCUT2D eigenvalue weighted by molar-refractivity contribution is 0.0969. The molecule has 0 spiro atoms. The fraction of sp³-hybridized carbons (Fsp3) is 0.125. The summed E-state index contributed by atoms with van der Waals surface area (Å²) in [5, 5.41) is 0. The van der Waals surface area contributed by atoms with E-state index in [2.05, 4.69) is 10.9 Å². The normalized spacial score (nSPS) is 13.7. The van der Waals surface area contributed by atoms with E-state index in [1.54, 1.807) is 6.07 Å². The van der Waals surface area contributed by atoms with Crippen LogP contribution < -0.4 is 10.9 Å². The second-order valence-electron chi connectivity index (χ2n) is 2.58. The van der Waals surface area contributed by atoms with Crippen LogP contribution in [0.2, 0.25) is 0 Å². The summed E-state index contributed by atoms with van der Waals surface area (Å²) in [6.45, 7) is 1.98. The van der Waals surface area contributed by atoms with Crippen LogP contribution in [0.4, 0.5) is 5.69 Å². The van der Waals surface area contributed by atoms with Crippen molar-refractivity contribution in [2.24, 2.45) is 0 Å². The van der Waals surface area contributed by atoms with Crippen LogP contribution in [-0.2, 0) is 0 Å². The predicted octanol–water partition coefficient (Wildman–Crippen LogP) is 1.08. The molecule has 1 radical (unpaired) electrons. The average molecular weight is 147 g/mol. The Bertz CT molecular complexity index is 320. The molecule has 1 aliphatic heterocycles. The third kappa shape index (κ3) is 0.852. The molecule has 0 saturated heterocycles. The van der Waals surface area contributed by atoms with E-state index >= 15 is 0 Å². The van der Waals surface area contributed by atoms with Gasteiger partial charge in [-0.3, -0.25) is 10.2 Å². The number of carbonyl (C=O) groups is 1. The van der Waals surface area contributed by atoms with Crippen molar-refractivity contribution in [3.8, 4) is 0 Å². The fourth-order valence-electron chi connectivity index (χ4n) is 1.11. The van der Waals surface area contributed by atoms with E-state index in [1.165, 1.54) is 0 Å². The van der Waals surface area contributed by atoms with Gasteiger partial charge >= 0.3 is 0 Å². The quantitative estimate of drug-likeness (QED) is 0.596. The molecule has 0 aromatic heterocycles. The SMILES string of the molecule is Cc1ccc2c(c1)N[N]C2=O. The van der Waals surface area contributed by atoms with E-state index in [0.29, 0.717) is 5.56 Å². The second kappa shape index (κ2) is 1.99. The molecule has 0 aliphatic carbocycles. The van der Waals surface area contributed by atoms with Crippen molar-refractivity contribution < 1.29 is 4.79 Å². The number of hydrogen-bond acceptors (Lipinski definition) is 2. The van der Waals surface area contributed by atoms with Crippen molar-refractivity contribution in [3.63, 3.8) is 0 Å². The van der Waals surface area contributed by atoms with Crippen LogP contribution in [-0.4, -0.2) is 5.91 Å². The third-order valence-corrected chi connectivity index (χ3v) is 1.68. The first-order valence-corrected chi connectivity index (χ1v) is 3.39. The highest BCUT2D eigenvalue weighted by Crippen LogP contribution is 2.21. The highest BCUT2D eigenvalue weighted by atomic mass is 16.2. The molecular weight excluding hydrogens is 140 g/mol. The van der Waals surface area contributed by atoms with Gasteiger partial charge in [0, 0.05) is 0 Å². The van der Waals surface area contributed by atoms with Crippen LogP contribution in [0.15, 0.2) is 18.2 Å². The smallest absolute Gasteiger partial charge is 0.274 e. The topological polar surface area (TPSA) is 43.2 Å². The maximum Gasteiger partial charge on any atom is 0.295 e. The van der Waals surface area contributed by atoms with E-state index < -0.39 is 0 Å². The molecule has 2 rings (SSSR count). The van der Waals surface area contributed by atoms with Crippen LogP contribution in [0.5, 0.6) is 0 Å². The minimum Gasteiger partial charge on any atom is -0.274 e. The van der Waals surface area contributed by atoms with Gasteiger partial charge in [-0.15, -0.1) is 5.43 Å². The number of amides is 1. The Balaban J connectivity index is 2.59. The molecule has 1 heterocycles. The Morgan fingerprint density at radius 3 is 3.09 bits per heavy atom. The Hall–Kier alpha value is -1.51. The number of aryl methyl sites for hydroxylation is 1. The number of rotatable bonds is 0. The molecule has 0 saturated carbocycles. The predicted molar refractivity (Wildman–Crippen MR) is 41.3 cm³/mol. The van der Waals surface area contributed by atoms with E-state index in [-0.39, 0.29) is 5.91 Å². The highest BCUT2D eigenvalue weighted by molar-refractivity contribution is 6.03. The first-order valence-electron chi connectivity index (χ1n) is 3.39. The minimum atomic E-state index is -0.181. The summed E-state index contributed by atoms with van der Waals surface area (Å²) in [5.41, 5.74) is 8.83. The van der Waals surface area contributed by atoms with Crippen LogP contribution in [0.1, 0.15) is 15.9 Å². The Morgan fingerprint density at radius 1 is 1.45 bits per heavy atom. The lowest BCUT2D eigenvalue weighted by atomic mass is 10.1. The molecule has 1 amide bonds. The molecule has 11 heavy (non-hydrogen) atoms. The van der Waals surface area contributed by atoms with Crippen LogP contribution >= 0.6 is 0 Å². The number of benzene rings is 1. The number of carbonyl (C=O) groups excluding carboxylic acids is 1. The minimum absolute atomic E-state index is 0.181. The van der Waals surface area contributed by atoms with Crippen molar-refractivity contribution in [2.75, 3.05) is 5.43 Å². The van der Waals surface area contributed by atoms with Crippen molar-refractivity contribution in [1.82, 2.24) is 5.43 Å². The summed E-state index contributed by atoms with van der Waals surface area (Å²) in [5.74, 6) is -0.181. The summed E-state index contributed by atoms with van der Waals surface area (Å²) < 4.78 is 0.